The van der Waals surface area contributed by atoms with Gasteiger partial charge < -0.3 is 4.74 Å². The monoisotopic (exact) mass is 496 g/mol. The first kappa shape index (κ1) is 21.9. The molecule has 7 aromatic rings. The fraction of sp³-hybridized carbons (Fsp3) is 0. The number of para-hydroxylation sites is 1. The van der Waals surface area contributed by atoms with Crippen LogP contribution < -0.4 is 4.74 Å². The van der Waals surface area contributed by atoms with E-state index in [1.54, 1.807) is 0 Å². The lowest BCUT2D eigenvalue weighted by atomic mass is 9.86. The molecule has 0 atom stereocenters. The zero-order valence-corrected chi connectivity index (χ0v) is 21.3. The van der Waals surface area contributed by atoms with Gasteiger partial charge in [-0.2, -0.15) is 0 Å². The van der Waals surface area contributed by atoms with Crippen LogP contribution >= 0.6 is 0 Å². The zero-order chi connectivity index (χ0) is 25.8. The van der Waals surface area contributed by atoms with Crippen molar-refractivity contribution in [2.24, 2.45) is 0 Å². The summed E-state index contributed by atoms with van der Waals surface area (Å²) in [4.78, 5) is 0. The average molecular weight is 497 g/mol. The first-order valence-electron chi connectivity index (χ1n) is 13.4. The summed E-state index contributed by atoms with van der Waals surface area (Å²) in [6, 6.07) is 52.2. The van der Waals surface area contributed by atoms with E-state index in [9.17, 15) is 0 Å². The second-order valence-electron chi connectivity index (χ2n) is 10.1. The number of rotatable bonds is 3. The van der Waals surface area contributed by atoms with Gasteiger partial charge in [0.2, 0.25) is 0 Å². The topological polar surface area (TPSA) is 9.23 Å². The lowest BCUT2D eigenvalue weighted by Crippen LogP contribution is -1.98. The number of hydrogen-bond donors (Lipinski definition) is 0. The second kappa shape index (κ2) is 8.72. The molecule has 0 aliphatic carbocycles. The fourth-order valence-electron chi connectivity index (χ4n) is 6.03. The summed E-state index contributed by atoms with van der Waals surface area (Å²) in [5.41, 5.74) is 9.67. The largest absolute Gasteiger partial charge is 0.456 e. The lowest BCUT2D eigenvalue weighted by molar-refractivity contribution is 0.487. The highest BCUT2D eigenvalue weighted by Crippen LogP contribution is 2.49. The second-order valence-corrected chi connectivity index (χ2v) is 10.1. The SMILES string of the molecule is c1ccc(-c2ccc(-c3cccc4ccccc34)c(-c3cc4c5c(cccc5c3)Oc3ccccc3-4)c2)cc1. The maximum absolute atomic E-state index is 6.31. The molecule has 0 N–H and O–H groups in total. The van der Waals surface area contributed by atoms with E-state index in [2.05, 4.69) is 140 Å². The van der Waals surface area contributed by atoms with Crippen LogP contribution in [0.1, 0.15) is 0 Å². The molecule has 1 aliphatic rings. The van der Waals surface area contributed by atoms with Crippen LogP contribution in [0, 0.1) is 0 Å². The van der Waals surface area contributed by atoms with E-state index >= 15 is 0 Å². The van der Waals surface area contributed by atoms with Crippen molar-refractivity contribution in [2.75, 3.05) is 0 Å². The Morgan fingerprint density at radius 2 is 1.03 bits per heavy atom. The molecule has 1 heterocycles. The van der Waals surface area contributed by atoms with Crippen molar-refractivity contribution < 1.29 is 4.74 Å². The third-order valence-electron chi connectivity index (χ3n) is 7.85. The molecular formula is C38H24O. The van der Waals surface area contributed by atoms with Crippen LogP contribution in [-0.4, -0.2) is 0 Å². The minimum Gasteiger partial charge on any atom is -0.456 e. The molecule has 0 bridgehead atoms. The highest BCUT2D eigenvalue weighted by Gasteiger charge is 2.22. The van der Waals surface area contributed by atoms with E-state index in [1.165, 1.54) is 60.5 Å². The Hall–Kier alpha value is -5.14. The summed E-state index contributed by atoms with van der Waals surface area (Å²) in [6.45, 7) is 0. The standard InChI is InChI=1S/C38H24O/c1-2-10-25(11-3-1)27-20-21-32(31-17-8-13-26-12-4-5-15-30(26)31)34(23-27)29-22-28-14-9-19-37-38(28)35(24-29)33-16-6-7-18-36(33)39-37/h1-24H. The summed E-state index contributed by atoms with van der Waals surface area (Å²) >= 11 is 0. The van der Waals surface area contributed by atoms with Gasteiger partial charge in [0.1, 0.15) is 11.5 Å². The molecule has 0 saturated heterocycles. The number of hydrogen-bond acceptors (Lipinski definition) is 1. The van der Waals surface area contributed by atoms with Crippen LogP contribution in [0.25, 0.3) is 66.1 Å². The molecular weight excluding hydrogens is 472 g/mol. The maximum atomic E-state index is 6.31. The highest BCUT2D eigenvalue weighted by atomic mass is 16.5. The van der Waals surface area contributed by atoms with Crippen molar-refractivity contribution in [1.82, 2.24) is 0 Å². The summed E-state index contributed by atoms with van der Waals surface area (Å²) < 4.78 is 6.31. The van der Waals surface area contributed by atoms with Gasteiger partial charge in [-0.3, -0.25) is 0 Å². The van der Waals surface area contributed by atoms with Crippen LogP contribution in [0.4, 0.5) is 0 Å². The van der Waals surface area contributed by atoms with Gasteiger partial charge in [0.25, 0.3) is 0 Å². The normalized spacial score (nSPS) is 11.8. The molecule has 0 amide bonds. The molecule has 39 heavy (non-hydrogen) atoms. The van der Waals surface area contributed by atoms with Crippen molar-refractivity contribution in [1.29, 1.82) is 0 Å². The number of fused-ring (bicyclic) bond motifs is 3. The van der Waals surface area contributed by atoms with Gasteiger partial charge in [0.05, 0.1) is 0 Å². The summed E-state index contributed by atoms with van der Waals surface area (Å²) in [5, 5.41) is 4.86. The van der Waals surface area contributed by atoms with Crippen molar-refractivity contribution >= 4 is 21.5 Å². The minimum absolute atomic E-state index is 0.905. The van der Waals surface area contributed by atoms with E-state index in [4.69, 9.17) is 4.74 Å². The smallest absolute Gasteiger partial charge is 0.135 e. The first-order chi connectivity index (χ1) is 19.3. The Morgan fingerprint density at radius 3 is 1.97 bits per heavy atom. The van der Waals surface area contributed by atoms with E-state index in [-0.39, 0.29) is 0 Å². The molecule has 1 nitrogen and oxygen atoms in total. The van der Waals surface area contributed by atoms with E-state index < -0.39 is 0 Å². The van der Waals surface area contributed by atoms with Gasteiger partial charge >= 0.3 is 0 Å². The Bertz CT molecular complexity index is 2030. The van der Waals surface area contributed by atoms with Gasteiger partial charge in [0, 0.05) is 10.9 Å². The van der Waals surface area contributed by atoms with Crippen LogP contribution in [0.5, 0.6) is 11.5 Å². The Balaban J connectivity index is 1.45. The van der Waals surface area contributed by atoms with Crippen LogP contribution in [0.15, 0.2) is 146 Å². The molecule has 0 aromatic heterocycles. The first-order valence-corrected chi connectivity index (χ1v) is 13.4. The number of benzene rings is 7. The molecule has 1 aliphatic heterocycles. The molecule has 8 rings (SSSR count). The Morgan fingerprint density at radius 1 is 0.333 bits per heavy atom. The van der Waals surface area contributed by atoms with E-state index in [1.807, 2.05) is 6.07 Å². The molecule has 0 unspecified atom stereocenters. The maximum Gasteiger partial charge on any atom is 0.135 e. The van der Waals surface area contributed by atoms with Gasteiger partial charge in [-0.05, 0) is 85.4 Å². The van der Waals surface area contributed by atoms with Crippen LogP contribution in [0.3, 0.4) is 0 Å². The average Bonchev–Trinajstić information content (AvgIpc) is 3.01. The van der Waals surface area contributed by atoms with Crippen molar-refractivity contribution in [3.63, 3.8) is 0 Å². The molecule has 0 radical (unpaired) electrons. The van der Waals surface area contributed by atoms with E-state index in [0.29, 0.717) is 0 Å². The van der Waals surface area contributed by atoms with Gasteiger partial charge in [-0.15, -0.1) is 0 Å². The van der Waals surface area contributed by atoms with Gasteiger partial charge in [0.15, 0.2) is 0 Å². The van der Waals surface area contributed by atoms with Crippen molar-refractivity contribution in [3.05, 3.63) is 146 Å². The van der Waals surface area contributed by atoms with Gasteiger partial charge in [-0.25, -0.2) is 0 Å². The predicted molar refractivity (Wildman–Crippen MR) is 163 cm³/mol. The third kappa shape index (κ3) is 3.55. The fourth-order valence-corrected chi connectivity index (χ4v) is 6.03. The van der Waals surface area contributed by atoms with Crippen LogP contribution in [-0.2, 0) is 0 Å². The van der Waals surface area contributed by atoms with Gasteiger partial charge in [-0.1, -0.05) is 115 Å². The Labute approximate surface area is 227 Å². The molecule has 0 saturated carbocycles. The molecule has 0 fully saturated rings. The number of ether oxygens (including phenoxy) is 1. The molecule has 0 spiro atoms. The molecule has 182 valence electrons. The summed E-state index contributed by atoms with van der Waals surface area (Å²) in [6.07, 6.45) is 0. The highest BCUT2D eigenvalue weighted by molar-refractivity contribution is 6.08. The van der Waals surface area contributed by atoms with Crippen LogP contribution in [0.2, 0.25) is 0 Å². The third-order valence-corrected chi connectivity index (χ3v) is 7.85. The lowest BCUT2D eigenvalue weighted by Gasteiger charge is -2.23. The predicted octanol–water partition coefficient (Wildman–Crippen LogP) is 10.8. The van der Waals surface area contributed by atoms with Crippen molar-refractivity contribution in [3.8, 4) is 56.0 Å². The quantitative estimate of drug-likeness (QED) is 0.236. The Kier molecular flexibility index (Phi) is 4.89. The summed E-state index contributed by atoms with van der Waals surface area (Å²) in [7, 11) is 0. The zero-order valence-electron chi connectivity index (χ0n) is 21.3. The minimum atomic E-state index is 0.905. The van der Waals surface area contributed by atoms with E-state index in [0.717, 1.165) is 17.1 Å². The molecule has 1 heteroatoms. The molecule has 7 aromatic carbocycles. The summed E-state index contributed by atoms with van der Waals surface area (Å²) in [5.74, 6) is 1.82. The van der Waals surface area contributed by atoms with Crippen molar-refractivity contribution in [2.45, 2.75) is 0 Å².